The van der Waals surface area contributed by atoms with Crippen molar-refractivity contribution in [3.05, 3.63) is 5.82 Å². The number of hydrogen-bond acceptors (Lipinski definition) is 6. The summed E-state index contributed by atoms with van der Waals surface area (Å²) < 4.78 is 4.96. The van der Waals surface area contributed by atoms with Crippen molar-refractivity contribution in [2.24, 2.45) is 0 Å². The Morgan fingerprint density at radius 3 is 2.28 bits per heavy atom. The molecule has 2 rings (SSSR count). The van der Waals surface area contributed by atoms with Gasteiger partial charge in [-0.3, -0.25) is 4.90 Å². The van der Waals surface area contributed by atoms with E-state index in [0.29, 0.717) is 5.82 Å². The van der Waals surface area contributed by atoms with E-state index in [1.807, 2.05) is 20.8 Å². The Bertz CT molecular complexity index is 467. The Morgan fingerprint density at radius 2 is 1.89 bits per heavy atom. The number of nitrogens with zero attached hydrogens (tertiary/aromatic N) is 4. The molecular formula is C10H16N4O4. The largest absolute Gasteiger partial charge is 0.369 e. The van der Waals surface area contributed by atoms with Gasteiger partial charge in [0.2, 0.25) is 0 Å². The Hall–Kier alpha value is -1.67. The van der Waals surface area contributed by atoms with E-state index >= 15 is 0 Å². The number of carbonyl (C=O) groups excluding carboxylic acids is 1. The fourth-order valence-corrected chi connectivity index (χ4v) is 1.54. The van der Waals surface area contributed by atoms with Gasteiger partial charge in [-0.05, 0) is 0 Å². The van der Waals surface area contributed by atoms with Crippen LogP contribution in [0.1, 0.15) is 26.6 Å². The molecule has 8 heteroatoms. The Labute approximate surface area is 104 Å². The highest BCUT2D eigenvalue weighted by molar-refractivity contribution is 5.92. The summed E-state index contributed by atoms with van der Waals surface area (Å²) in [5.41, 5.74) is -0.333. The quantitative estimate of drug-likeness (QED) is 0.726. The van der Waals surface area contributed by atoms with E-state index < -0.39 is 18.5 Å². The maximum atomic E-state index is 11.8. The summed E-state index contributed by atoms with van der Waals surface area (Å²) in [4.78, 5) is 17.7. The fourth-order valence-electron chi connectivity index (χ4n) is 1.54. The second-order valence-electron chi connectivity index (χ2n) is 5.24. The van der Waals surface area contributed by atoms with E-state index in [1.165, 1.54) is 7.05 Å². The smallest absolute Gasteiger partial charge is 0.334 e. The molecule has 2 N–H and O–H groups in total. The van der Waals surface area contributed by atoms with E-state index in [0.717, 1.165) is 9.80 Å². The van der Waals surface area contributed by atoms with Crippen LogP contribution in [0, 0.1) is 0 Å². The highest BCUT2D eigenvalue weighted by Crippen LogP contribution is 2.27. The van der Waals surface area contributed by atoms with Crippen molar-refractivity contribution < 1.29 is 19.5 Å². The number of rotatable bonds is 1. The van der Waals surface area contributed by atoms with Gasteiger partial charge in [-0.15, -0.1) is 0 Å². The summed E-state index contributed by atoms with van der Waals surface area (Å²) in [6.07, 6.45) is -2.74. The SMILES string of the molecule is CN1C(=O)N(c2nc(C(C)(C)C)no2)C(O)C1O. The average molecular weight is 256 g/mol. The van der Waals surface area contributed by atoms with Crippen LogP contribution in [0.5, 0.6) is 0 Å². The maximum Gasteiger partial charge on any atom is 0.334 e. The van der Waals surface area contributed by atoms with Crippen LogP contribution in [0.4, 0.5) is 10.8 Å². The molecule has 18 heavy (non-hydrogen) atoms. The summed E-state index contributed by atoms with van der Waals surface area (Å²) >= 11 is 0. The lowest BCUT2D eigenvalue weighted by molar-refractivity contribution is -0.0192. The van der Waals surface area contributed by atoms with Crippen molar-refractivity contribution in [1.29, 1.82) is 0 Å². The van der Waals surface area contributed by atoms with E-state index in [9.17, 15) is 15.0 Å². The minimum absolute atomic E-state index is 0.124. The molecule has 0 aromatic carbocycles. The third-order valence-electron chi connectivity index (χ3n) is 2.73. The normalized spacial score (nSPS) is 25.1. The monoisotopic (exact) mass is 256 g/mol. The zero-order valence-electron chi connectivity index (χ0n) is 10.7. The predicted octanol–water partition coefficient (Wildman–Crippen LogP) is -0.124. The summed E-state index contributed by atoms with van der Waals surface area (Å²) in [6, 6.07) is -0.722. The average Bonchev–Trinajstić information content (AvgIpc) is 2.81. The lowest BCUT2D eigenvalue weighted by Crippen LogP contribution is -2.36. The van der Waals surface area contributed by atoms with Crippen molar-refractivity contribution in [2.45, 2.75) is 38.6 Å². The number of amides is 2. The van der Waals surface area contributed by atoms with Crippen LogP contribution in [0.25, 0.3) is 0 Å². The van der Waals surface area contributed by atoms with Gasteiger partial charge >= 0.3 is 12.0 Å². The van der Waals surface area contributed by atoms with Crippen LogP contribution in [-0.4, -0.2) is 50.8 Å². The van der Waals surface area contributed by atoms with Gasteiger partial charge in [0.25, 0.3) is 0 Å². The molecule has 1 saturated heterocycles. The Morgan fingerprint density at radius 1 is 1.28 bits per heavy atom. The molecule has 8 nitrogen and oxygen atoms in total. The molecule has 0 saturated carbocycles. The summed E-state index contributed by atoms with van der Waals surface area (Å²) in [7, 11) is 1.37. The standard InChI is InChI=1S/C10H16N4O4/c1-10(2,3)7-11-8(18-12-7)14-6(16)5(15)13(4)9(14)17/h5-6,15-16H,1-4H3. The molecule has 1 aromatic rings. The van der Waals surface area contributed by atoms with E-state index in [2.05, 4.69) is 10.1 Å². The lowest BCUT2D eigenvalue weighted by Gasteiger charge is -2.14. The van der Waals surface area contributed by atoms with Crippen molar-refractivity contribution in [1.82, 2.24) is 15.0 Å². The number of carbonyl (C=O) groups is 1. The Balaban J connectivity index is 2.33. The lowest BCUT2D eigenvalue weighted by atomic mass is 9.96. The van der Waals surface area contributed by atoms with Gasteiger partial charge in [0.1, 0.15) is 0 Å². The van der Waals surface area contributed by atoms with Crippen molar-refractivity contribution in [2.75, 3.05) is 11.9 Å². The van der Waals surface area contributed by atoms with Gasteiger partial charge in [0, 0.05) is 12.5 Å². The summed E-state index contributed by atoms with van der Waals surface area (Å²) in [5.74, 6) is 0.418. The minimum atomic E-state index is -1.42. The number of hydrogen-bond donors (Lipinski definition) is 2. The molecule has 0 spiro atoms. The van der Waals surface area contributed by atoms with Crippen LogP contribution < -0.4 is 4.90 Å². The first-order valence-electron chi connectivity index (χ1n) is 5.50. The minimum Gasteiger partial charge on any atom is -0.369 e. The number of aromatic nitrogens is 2. The molecule has 0 aliphatic carbocycles. The molecule has 0 bridgehead atoms. The molecule has 100 valence electrons. The number of aliphatic hydroxyl groups is 2. The maximum absolute atomic E-state index is 11.8. The summed E-state index contributed by atoms with van der Waals surface area (Å²) in [5, 5.41) is 23.1. The molecule has 2 amide bonds. The first kappa shape index (κ1) is 12.8. The zero-order valence-corrected chi connectivity index (χ0v) is 10.7. The van der Waals surface area contributed by atoms with Crippen LogP contribution in [-0.2, 0) is 5.41 Å². The third kappa shape index (κ3) is 1.83. The molecule has 1 fully saturated rings. The second kappa shape index (κ2) is 3.92. The van der Waals surface area contributed by atoms with Gasteiger partial charge in [-0.2, -0.15) is 4.98 Å². The number of anilines is 1. The Kier molecular flexibility index (Phi) is 2.78. The summed E-state index contributed by atoms with van der Waals surface area (Å²) in [6.45, 7) is 5.68. The van der Waals surface area contributed by atoms with Gasteiger partial charge in [-0.25, -0.2) is 9.69 Å². The molecule has 0 radical (unpaired) electrons. The van der Waals surface area contributed by atoms with Crippen molar-refractivity contribution in [3.63, 3.8) is 0 Å². The molecule has 1 aliphatic heterocycles. The first-order chi connectivity index (χ1) is 8.23. The highest BCUT2D eigenvalue weighted by atomic mass is 16.5. The van der Waals surface area contributed by atoms with Crippen molar-refractivity contribution >= 4 is 12.0 Å². The molecule has 1 aliphatic rings. The van der Waals surface area contributed by atoms with Crippen LogP contribution in [0.15, 0.2) is 4.52 Å². The number of aliphatic hydroxyl groups excluding tert-OH is 2. The zero-order chi connectivity index (χ0) is 13.7. The topological polar surface area (TPSA) is 103 Å². The van der Waals surface area contributed by atoms with Gasteiger partial charge < -0.3 is 14.7 Å². The first-order valence-corrected chi connectivity index (χ1v) is 5.50. The molecular weight excluding hydrogens is 240 g/mol. The number of urea groups is 1. The molecule has 2 atom stereocenters. The van der Waals surface area contributed by atoms with Crippen LogP contribution >= 0.6 is 0 Å². The second-order valence-corrected chi connectivity index (χ2v) is 5.24. The third-order valence-corrected chi connectivity index (χ3v) is 2.73. The molecule has 2 unspecified atom stereocenters. The van der Waals surface area contributed by atoms with Crippen molar-refractivity contribution in [3.8, 4) is 0 Å². The molecule has 2 heterocycles. The van der Waals surface area contributed by atoms with Gasteiger partial charge in [0.05, 0.1) is 0 Å². The predicted molar refractivity (Wildman–Crippen MR) is 60.6 cm³/mol. The van der Waals surface area contributed by atoms with Gasteiger partial charge in [0.15, 0.2) is 18.3 Å². The van der Waals surface area contributed by atoms with Crippen LogP contribution in [0.3, 0.4) is 0 Å². The fraction of sp³-hybridized carbons (Fsp3) is 0.700. The molecule has 1 aromatic heterocycles. The highest BCUT2D eigenvalue weighted by Gasteiger charge is 2.45. The van der Waals surface area contributed by atoms with E-state index in [4.69, 9.17) is 4.52 Å². The number of likely N-dealkylation sites (N-methyl/N-ethyl adjacent to an activating group) is 1. The van der Waals surface area contributed by atoms with E-state index in [-0.39, 0.29) is 11.4 Å². The van der Waals surface area contributed by atoms with E-state index in [1.54, 1.807) is 0 Å². The van der Waals surface area contributed by atoms with Crippen LogP contribution in [0.2, 0.25) is 0 Å². The van der Waals surface area contributed by atoms with Gasteiger partial charge in [-0.1, -0.05) is 25.9 Å².